The third-order valence-electron chi connectivity index (χ3n) is 5.19. The van der Waals surface area contributed by atoms with Crippen molar-refractivity contribution in [3.63, 3.8) is 0 Å². The zero-order valence-electron chi connectivity index (χ0n) is 16.9. The van der Waals surface area contributed by atoms with Gasteiger partial charge in [-0.15, -0.1) is 0 Å². The van der Waals surface area contributed by atoms with Crippen molar-refractivity contribution in [1.82, 2.24) is 4.90 Å². The minimum absolute atomic E-state index is 0.0560. The van der Waals surface area contributed by atoms with Crippen LogP contribution in [0.15, 0.2) is 30.3 Å². The van der Waals surface area contributed by atoms with E-state index in [1.54, 1.807) is 0 Å². The van der Waals surface area contributed by atoms with Crippen molar-refractivity contribution >= 4 is 19.0 Å². The molecule has 1 aliphatic heterocycles. The number of aromatic hydroxyl groups is 3. The first-order chi connectivity index (χ1) is 15.1. The molecule has 0 radical (unpaired) electrons. The first kappa shape index (κ1) is 23.2. The summed E-state index contributed by atoms with van der Waals surface area (Å²) in [6.07, 6.45) is -0.548. The number of likely N-dealkylation sites (tertiary alicyclic amines) is 1. The molecule has 8 N–H and O–H groups in total. The van der Waals surface area contributed by atoms with Crippen LogP contribution in [0.5, 0.6) is 23.0 Å². The summed E-state index contributed by atoms with van der Waals surface area (Å²) in [4.78, 5) is 25.6. The van der Waals surface area contributed by atoms with Crippen molar-refractivity contribution in [3.05, 3.63) is 47.0 Å². The average molecular weight is 446 g/mol. The third-order valence-corrected chi connectivity index (χ3v) is 5.19. The maximum atomic E-state index is 12.5. The number of nitrogens with zero attached hydrogens (tertiary/aromatic N) is 1. The van der Waals surface area contributed by atoms with Crippen LogP contribution in [-0.2, 0) is 11.2 Å². The molecule has 0 aliphatic carbocycles. The smallest absolute Gasteiger partial charge is 0.451 e. The number of ether oxygens (including phenoxy) is 1. The second kappa shape index (κ2) is 9.34. The van der Waals surface area contributed by atoms with Gasteiger partial charge in [-0.25, -0.2) is 4.79 Å². The van der Waals surface area contributed by atoms with E-state index in [1.807, 2.05) is 0 Å². The van der Waals surface area contributed by atoms with Gasteiger partial charge >= 0.3 is 13.1 Å². The van der Waals surface area contributed by atoms with Gasteiger partial charge in [-0.3, -0.25) is 4.79 Å². The number of hydrogen-bond acceptors (Lipinski definition) is 9. The van der Waals surface area contributed by atoms with Gasteiger partial charge in [-0.1, -0.05) is 12.1 Å². The molecule has 1 saturated heterocycles. The molecule has 2 aromatic carbocycles. The highest BCUT2D eigenvalue weighted by Gasteiger charge is 2.36. The summed E-state index contributed by atoms with van der Waals surface area (Å²) in [6.45, 7) is 0.268. The lowest BCUT2D eigenvalue weighted by Gasteiger charge is -2.40. The Morgan fingerprint density at radius 1 is 1.12 bits per heavy atom. The molecule has 0 saturated carbocycles. The van der Waals surface area contributed by atoms with Crippen LogP contribution in [0, 0.1) is 0 Å². The highest BCUT2D eigenvalue weighted by Crippen LogP contribution is 2.34. The Kier molecular flexibility index (Phi) is 6.77. The van der Waals surface area contributed by atoms with Crippen molar-refractivity contribution < 1.29 is 44.8 Å². The van der Waals surface area contributed by atoms with Gasteiger partial charge in [0, 0.05) is 0 Å². The number of carboxylic acid groups (broad SMARTS) is 1. The van der Waals surface area contributed by atoms with Crippen LogP contribution in [0.25, 0.3) is 0 Å². The average Bonchev–Trinajstić information content (AvgIpc) is 2.70. The number of aryl methyl sites for hydroxylation is 1. The topological polar surface area (TPSA) is 194 Å². The fourth-order valence-electron chi connectivity index (χ4n) is 3.35. The first-order valence-electron chi connectivity index (χ1n) is 9.75. The summed E-state index contributed by atoms with van der Waals surface area (Å²) in [6, 6.07) is 5.59. The molecular weight excluding hydrogens is 423 g/mol. The minimum Gasteiger partial charge on any atom is -0.507 e. The van der Waals surface area contributed by atoms with Crippen molar-refractivity contribution in [1.29, 1.82) is 0 Å². The van der Waals surface area contributed by atoms with Crippen molar-refractivity contribution in [3.8, 4) is 23.0 Å². The molecule has 3 rings (SSSR count). The molecule has 1 fully saturated rings. The maximum absolute atomic E-state index is 12.5. The fourth-order valence-corrected chi connectivity index (χ4v) is 3.35. The van der Waals surface area contributed by atoms with Gasteiger partial charge in [-0.05, 0) is 42.1 Å². The molecule has 1 atom stereocenters. The molecule has 0 bridgehead atoms. The Hall–Kier alpha value is -3.48. The van der Waals surface area contributed by atoms with Crippen LogP contribution >= 0.6 is 0 Å². The van der Waals surface area contributed by atoms with Crippen LogP contribution in [-0.4, -0.2) is 73.6 Å². The van der Waals surface area contributed by atoms with E-state index < -0.39 is 48.2 Å². The number of carbonyl (C=O) groups excluding carboxylic acids is 1. The Labute approximate surface area is 183 Å². The maximum Gasteiger partial charge on any atom is 0.451 e. The number of carboxylic acids is 1. The highest BCUT2D eigenvalue weighted by molar-refractivity contribution is 6.41. The lowest BCUT2D eigenvalue weighted by atomic mass is 9.82. The standard InChI is InChI=1S/C20H23BN2O9/c22-17(11-1-3-13(24)14(25)7-11)19(27)23-8-12(9-23)32-15-4-2-10(5-6-21(30)31)18(26)16(15)20(28)29/h1-4,7,12,17,24-26,30-31H,5-6,8-9,22H2,(H,28,29). The minimum atomic E-state index is -1.59. The fraction of sp³-hybridized carbons (Fsp3) is 0.300. The predicted octanol–water partition coefficient (Wildman–Crippen LogP) is -0.194. The van der Waals surface area contributed by atoms with E-state index in [-0.39, 0.29) is 42.9 Å². The van der Waals surface area contributed by atoms with Gasteiger partial charge in [0.2, 0.25) is 5.91 Å². The highest BCUT2D eigenvalue weighted by atomic mass is 16.5. The van der Waals surface area contributed by atoms with E-state index in [2.05, 4.69) is 0 Å². The second-order valence-corrected chi connectivity index (χ2v) is 7.48. The number of hydrogen-bond donors (Lipinski definition) is 7. The van der Waals surface area contributed by atoms with Crippen LogP contribution in [0.3, 0.4) is 0 Å². The molecule has 2 aromatic rings. The number of aromatic carboxylic acids is 1. The molecule has 0 aromatic heterocycles. The van der Waals surface area contributed by atoms with Crippen LogP contribution in [0.2, 0.25) is 6.32 Å². The Bertz CT molecular complexity index is 1020. The molecule has 1 heterocycles. The Balaban J connectivity index is 1.65. The number of phenols is 3. The SMILES string of the molecule is NC(C(=O)N1CC(Oc2ccc(CCB(O)O)c(O)c2C(=O)O)C1)c1ccc(O)c(O)c1. The summed E-state index contributed by atoms with van der Waals surface area (Å²) in [7, 11) is -1.59. The zero-order chi connectivity index (χ0) is 23.6. The third kappa shape index (κ3) is 4.88. The number of benzene rings is 2. The van der Waals surface area contributed by atoms with E-state index in [0.29, 0.717) is 5.56 Å². The van der Waals surface area contributed by atoms with Crippen molar-refractivity contribution in [2.24, 2.45) is 5.73 Å². The molecule has 11 nitrogen and oxygen atoms in total. The van der Waals surface area contributed by atoms with Crippen molar-refractivity contribution in [2.75, 3.05) is 13.1 Å². The number of rotatable bonds is 8. The predicted molar refractivity (Wildman–Crippen MR) is 111 cm³/mol. The van der Waals surface area contributed by atoms with E-state index in [0.717, 1.165) is 0 Å². The van der Waals surface area contributed by atoms with Gasteiger partial charge in [0.1, 0.15) is 29.2 Å². The molecule has 32 heavy (non-hydrogen) atoms. The van der Waals surface area contributed by atoms with Gasteiger partial charge in [0.15, 0.2) is 11.5 Å². The summed E-state index contributed by atoms with van der Waals surface area (Å²) < 4.78 is 5.66. The summed E-state index contributed by atoms with van der Waals surface area (Å²) in [5.74, 6) is -3.17. The summed E-state index contributed by atoms with van der Waals surface area (Å²) >= 11 is 0. The quantitative estimate of drug-likeness (QED) is 0.211. The second-order valence-electron chi connectivity index (χ2n) is 7.48. The molecule has 1 amide bonds. The summed E-state index contributed by atoms with van der Waals surface area (Å²) in [5, 5.41) is 56.7. The summed E-state index contributed by atoms with van der Waals surface area (Å²) in [5.41, 5.74) is 6.05. The van der Waals surface area contributed by atoms with E-state index >= 15 is 0 Å². The molecular formula is C20H23BN2O9. The van der Waals surface area contributed by atoms with E-state index in [9.17, 15) is 30.0 Å². The Morgan fingerprint density at radius 3 is 2.41 bits per heavy atom. The number of nitrogens with two attached hydrogens (primary N) is 1. The lowest BCUT2D eigenvalue weighted by Crippen LogP contribution is -2.58. The molecule has 1 aliphatic rings. The van der Waals surface area contributed by atoms with Crippen molar-refractivity contribution in [2.45, 2.75) is 24.9 Å². The van der Waals surface area contributed by atoms with Gasteiger partial charge in [-0.2, -0.15) is 0 Å². The lowest BCUT2D eigenvalue weighted by molar-refractivity contribution is -0.141. The van der Waals surface area contributed by atoms with Gasteiger partial charge in [0.25, 0.3) is 0 Å². The molecule has 0 spiro atoms. The molecule has 12 heteroatoms. The Morgan fingerprint density at radius 2 is 1.81 bits per heavy atom. The molecule has 170 valence electrons. The van der Waals surface area contributed by atoms with Gasteiger partial charge < -0.3 is 45.8 Å². The largest absolute Gasteiger partial charge is 0.507 e. The van der Waals surface area contributed by atoms with E-state index in [1.165, 1.54) is 35.2 Å². The normalized spacial score (nSPS) is 14.5. The first-order valence-corrected chi connectivity index (χ1v) is 9.75. The van der Waals surface area contributed by atoms with E-state index in [4.69, 9.17) is 20.5 Å². The number of amides is 1. The molecule has 1 unspecified atom stereocenters. The number of phenolic OH excluding ortho intramolecular Hbond substituents is 2. The van der Waals surface area contributed by atoms with Crippen LogP contribution in [0.4, 0.5) is 0 Å². The number of carbonyl (C=O) groups is 2. The van der Waals surface area contributed by atoms with Crippen LogP contribution < -0.4 is 10.5 Å². The van der Waals surface area contributed by atoms with Crippen LogP contribution in [0.1, 0.15) is 27.5 Å². The van der Waals surface area contributed by atoms with Gasteiger partial charge in [0.05, 0.1) is 13.1 Å². The zero-order valence-corrected chi connectivity index (χ0v) is 16.9. The monoisotopic (exact) mass is 446 g/mol.